The topological polar surface area (TPSA) is 92.8 Å². The fourth-order valence-electron chi connectivity index (χ4n) is 3.17. The van der Waals surface area contributed by atoms with Crippen LogP contribution in [0.15, 0.2) is 77.1 Å². The smallest absolute Gasteiger partial charge is 0.337 e. The van der Waals surface area contributed by atoms with Crippen LogP contribution in [0.25, 0.3) is 0 Å². The second-order valence-corrected chi connectivity index (χ2v) is 9.43. The van der Waals surface area contributed by atoms with E-state index in [9.17, 15) is 18.0 Å². The molecule has 1 N–H and O–H groups in total. The van der Waals surface area contributed by atoms with Crippen LogP contribution in [-0.4, -0.2) is 27.3 Å². The standard InChI is InChI=1S/C22H18N2O5S2/c1-29-22(26)16-7-9-17(10-8-16)23-13-19-20(25)21-18(11-12-30-21)24(31(19,27)28)14-15-5-3-2-4-6-15/h2-13,23H,14H2,1H3/b19-13-. The number of methoxy groups -OCH3 is 1. The molecule has 0 saturated heterocycles. The summed E-state index contributed by atoms with van der Waals surface area (Å²) in [4.78, 5) is 24.5. The summed E-state index contributed by atoms with van der Waals surface area (Å²) < 4.78 is 32.6. The number of benzene rings is 2. The lowest BCUT2D eigenvalue weighted by Gasteiger charge is -2.29. The molecule has 4 rings (SSSR count). The lowest BCUT2D eigenvalue weighted by molar-refractivity contribution is 0.0600. The summed E-state index contributed by atoms with van der Waals surface area (Å²) in [5.41, 5.74) is 2.08. The first-order valence-electron chi connectivity index (χ1n) is 9.26. The van der Waals surface area contributed by atoms with Crippen LogP contribution in [0.1, 0.15) is 25.6 Å². The molecule has 1 aliphatic heterocycles. The molecule has 31 heavy (non-hydrogen) atoms. The number of hydrogen-bond acceptors (Lipinski definition) is 7. The molecule has 0 saturated carbocycles. The normalized spacial score (nSPS) is 16.1. The van der Waals surface area contributed by atoms with Crippen molar-refractivity contribution in [3.63, 3.8) is 0 Å². The van der Waals surface area contributed by atoms with E-state index in [-0.39, 0.29) is 11.4 Å². The molecule has 3 aromatic rings. The van der Waals surface area contributed by atoms with Crippen molar-refractivity contribution in [2.45, 2.75) is 6.54 Å². The molecule has 158 valence electrons. The Kier molecular flexibility index (Phi) is 5.62. The van der Waals surface area contributed by atoms with Gasteiger partial charge in [0.2, 0.25) is 5.78 Å². The van der Waals surface area contributed by atoms with Crippen molar-refractivity contribution in [3.05, 3.63) is 93.2 Å². The van der Waals surface area contributed by atoms with E-state index in [1.165, 1.54) is 29.0 Å². The Balaban J connectivity index is 1.67. The molecule has 0 atom stereocenters. The number of anilines is 2. The Morgan fingerprint density at radius 2 is 1.81 bits per heavy atom. The lowest BCUT2D eigenvalue weighted by atomic mass is 10.2. The highest BCUT2D eigenvalue weighted by atomic mass is 32.2. The molecule has 2 heterocycles. The second-order valence-electron chi connectivity index (χ2n) is 6.68. The number of nitrogens with zero attached hydrogens (tertiary/aromatic N) is 1. The molecule has 0 unspecified atom stereocenters. The summed E-state index contributed by atoms with van der Waals surface area (Å²) in [6, 6.07) is 17.1. The van der Waals surface area contributed by atoms with Crippen molar-refractivity contribution in [1.82, 2.24) is 0 Å². The number of sulfonamides is 1. The van der Waals surface area contributed by atoms with Gasteiger partial charge < -0.3 is 10.1 Å². The maximum Gasteiger partial charge on any atom is 0.337 e. The first kappa shape index (κ1) is 20.8. The van der Waals surface area contributed by atoms with Gasteiger partial charge in [-0.15, -0.1) is 11.3 Å². The van der Waals surface area contributed by atoms with Crippen LogP contribution in [-0.2, 0) is 21.3 Å². The predicted octanol–water partition coefficient (Wildman–Crippen LogP) is 4.02. The van der Waals surface area contributed by atoms with Gasteiger partial charge in [0.05, 0.1) is 24.9 Å². The SMILES string of the molecule is COC(=O)c1ccc(N/C=C2/C(=O)c3sccc3N(Cc3ccccc3)S2(=O)=O)cc1. The number of carbonyl (C=O) groups excluding carboxylic acids is 2. The van der Waals surface area contributed by atoms with Crippen LogP contribution >= 0.6 is 11.3 Å². The molecule has 9 heteroatoms. The van der Waals surface area contributed by atoms with E-state index in [1.807, 2.05) is 30.3 Å². The maximum absolute atomic E-state index is 13.3. The van der Waals surface area contributed by atoms with Crippen LogP contribution in [0, 0.1) is 0 Å². The first-order chi connectivity index (χ1) is 14.9. The van der Waals surface area contributed by atoms with Crippen molar-refractivity contribution in [1.29, 1.82) is 0 Å². The number of ether oxygens (including phenoxy) is 1. The molecule has 7 nitrogen and oxygen atoms in total. The molecule has 0 bridgehead atoms. The molecule has 2 aromatic carbocycles. The average Bonchev–Trinajstić information content (AvgIpc) is 3.27. The number of allylic oxidation sites excluding steroid dienone is 1. The maximum atomic E-state index is 13.3. The van der Waals surface area contributed by atoms with E-state index >= 15 is 0 Å². The predicted molar refractivity (Wildman–Crippen MR) is 120 cm³/mol. The van der Waals surface area contributed by atoms with Gasteiger partial charge in [0.25, 0.3) is 10.0 Å². The van der Waals surface area contributed by atoms with Crippen molar-refractivity contribution in [2.24, 2.45) is 0 Å². The number of rotatable bonds is 5. The Labute approximate surface area is 183 Å². The Bertz CT molecular complexity index is 1260. The summed E-state index contributed by atoms with van der Waals surface area (Å²) in [6.45, 7) is 0.116. The Morgan fingerprint density at radius 1 is 1.10 bits per heavy atom. The van der Waals surface area contributed by atoms with E-state index in [0.717, 1.165) is 5.56 Å². The molecule has 1 aliphatic rings. The zero-order chi connectivity index (χ0) is 22.0. The number of ketones is 1. The number of Topliss-reactive ketones (excluding diaryl/α,β-unsaturated/α-hetero) is 1. The number of esters is 1. The average molecular weight is 455 g/mol. The Morgan fingerprint density at radius 3 is 2.48 bits per heavy atom. The minimum absolute atomic E-state index is 0.116. The quantitative estimate of drug-likeness (QED) is 0.462. The van der Waals surface area contributed by atoms with E-state index < -0.39 is 21.8 Å². The van der Waals surface area contributed by atoms with Gasteiger partial charge in [-0.2, -0.15) is 0 Å². The molecular formula is C22H18N2O5S2. The first-order valence-corrected chi connectivity index (χ1v) is 11.6. The molecule has 0 amide bonds. The van der Waals surface area contributed by atoms with Crippen LogP contribution in [0.4, 0.5) is 11.4 Å². The van der Waals surface area contributed by atoms with E-state index in [1.54, 1.807) is 35.7 Å². The zero-order valence-electron chi connectivity index (χ0n) is 16.4. The lowest BCUT2D eigenvalue weighted by Crippen LogP contribution is -2.38. The summed E-state index contributed by atoms with van der Waals surface area (Å²) in [6.07, 6.45) is 1.20. The van der Waals surface area contributed by atoms with Crippen LogP contribution in [0.3, 0.4) is 0 Å². The third kappa shape index (κ3) is 3.97. The van der Waals surface area contributed by atoms with Gasteiger partial charge in [-0.25, -0.2) is 13.2 Å². The van der Waals surface area contributed by atoms with Crippen LogP contribution < -0.4 is 9.62 Å². The molecule has 1 aromatic heterocycles. The van der Waals surface area contributed by atoms with Gasteiger partial charge in [-0.05, 0) is 41.3 Å². The number of nitrogens with one attached hydrogen (secondary N) is 1. The van der Waals surface area contributed by atoms with E-state index in [4.69, 9.17) is 0 Å². The van der Waals surface area contributed by atoms with Crippen LogP contribution in [0.5, 0.6) is 0 Å². The molecule has 0 aliphatic carbocycles. The number of thiophene rings is 1. The van der Waals surface area contributed by atoms with Crippen LogP contribution in [0.2, 0.25) is 0 Å². The molecular weight excluding hydrogens is 436 g/mol. The minimum atomic E-state index is -4.08. The van der Waals surface area contributed by atoms with Crippen molar-refractivity contribution in [2.75, 3.05) is 16.7 Å². The highest BCUT2D eigenvalue weighted by Gasteiger charge is 2.41. The summed E-state index contributed by atoms with van der Waals surface area (Å²) >= 11 is 1.21. The van der Waals surface area contributed by atoms with Gasteiger partial charge in [0.15, 0.2) is 4.91 Å². The monoisotopic (exact) mass is 454 g/mol. The number of hydrogen-bond donors (Lipinski definition) is 1. The van der Waals surface area contributed by atoms with E-state index in [0.29, 0.717) is 21.8 Å². The zero-order valence-corrected chi connectivity index (χ0v) is 18.1. The number of carbonyl (C=O) groups is 2. The summed E-state index contributed by atoms with van der Waals surface area (Å²) in [7, 11) is -2.79. The van der Waals surface area contributed by atoms with Gasteiger partial charge in [0.1, 0.15) is 4.88 Å². The van der Waals surface area contributed by atoms with Gasteiger partial charge in [0, 0.05) is 11.9 Å². The highest BCUT2D eigenvalue weighted by molar-refractivity contribution is 7.97. The van der Waals surface area contributed by atoms with E-state index in [2.05, 4.69) is 10.1 Å². The van der Waals surface area contributed by atoms with Crippen molar-refractivity contribution >= 4 is 44.5 Å². The second kappa shape index (κ2) is 8.37. The van der Waals surface area contributed by atoms with Gasteiger partial charge in [-0.3, -0.25) is 9.10 Å². The summed E-state index contributed by atoms with van der Waals surface area (Å²) in [5.74, 6) is -1.02. The molecule has 0 radical (unpaired) electrons. The molecule has 0 fully saturated rings. The largest absolute Gasteiger partial charge is 0.465 e. The fourth-order valence-corrected chi connectivity index (χ4v) is 5.66. The number of fused-ring (bicyclic) bond motifs is 1. The fraction of sp³-hybridized carbons (Fsp3) is 0.0909. The molecule has 0 spiro atoms. The van der Waals surface area contributed by atoms with Gasteiger partial charge >= 0.3 is 5.97 Å². The van der Waals surface area contributed by atoms with Crippen molar-refractivity contribution < 1.29 is 22.7 Å². The van der Waals surface area contributed by atoms with Crippen molar-refractivity contribution in [3.8, 4) is 0 Å². The third-order valence-corrected chi connectivity index (χ3v) is 7.42. The summed E-state index contributed by atoms with van der Waals surface area (Å²) in [5, 5.41) is 4.56. The highest BCUT2D eigenvalue weighted by Crippen LogP contribution is 2.39. The Hall–Kier alpha value is -3.43. The minimum Gasteiger partial charge on any atom is -0.465 e. The third-order valence-electron chi connectivity index (χ3n) is 4.76. The van der Waals surface area contributed by atoms with Gasteiger partial charge in [-0.1, -0.05) is 30.3 Å².